The van der Waals surface area contributed by atoms with E-state index in [0.717, 1.165) is 31.4 Å². The number of carboxylic acids is 1. The number of nitrogens with one attached hydrogen (secondary N) is 1. The maximum absolute atomic E-state index is 12.4. The number of aryl methyl sites for hydroxylation is 1. The molecule has 0 atom stereocenters. The Labute approximate surface area is 139 Å². The third-order valence-electron chi connectivity index (χ3n) is 4.00. The summed E-state index contributed by atoms with van der Waals surface area (Å²) in [6.45, 7) is -0.409. The van der Waals surface area contributed by atoms with E-state index in [1.165, 1.54) is 11.1 Å². The van der Waals surface area contributed by atoms with Crippen molar-refractivity contribution in [3.8, 4) is 5.75 Å². The highest BCUT2D eigenvalue weighted by Gasteiger charge is 2.16. The normalized spacial score (nSPS) is 13.0. The Kier molecular flexibility index (Phi) is 4.74. The highest BCUT2D eigenvalue weighted by atomic mass is 16.5. The molecule has 0 bridgehead atoms. The number of carbonyl (C=O) groups excluding carboxylic acids is 1. The van der Waals surface area contributed by atoms with Crippen molar-refractivity contribution in [3.63, 3.8) is 0 Å². The second-order valence-electron chi connectivity index (χ2n) is 5.69. The molecule has 1 aromatic heterocycles. The van der Waals surface area contributed by atoms with Crippen LogP contribution in [-0.4, -0.2) is 28.6 Å². The van der Waals surface area contributed by atoms with E-state index >= 15 is 0 Å². The number of carbonyl (C=O) groups is 2. The molecule has 2 aromatic rings. The van der Waals surface area contributed by atoms with Crippen molar-refractivity contribution < 1.29 is 19.4 Å². The standard InChI is InChI=1S/C18H18N2O4/c21-17(22)11-24-14-7-5-12(6-8-14)18(23)20-16-10-19-9-13-3-1-2-4-15(13)16/h5-10H,1-4,11H2,(H,20,23)(H,21,22). The molecule has 0 unspecified atom stereocenters. The van der Waals surface area contributed by atoms with Gasteiger partial charge < -0.3 is 15.2 Å². The van der Waals surface area contributed by atoms with Crippen LogP contribution in [0.3, 0.4) is 0 Å². The van der Waals surface area contributed by atoms with E-state index in [9.17, 15) is 9.59 Å². The molecule has 0 saturated carbocycles. The highest BCUT2D eigenvalue weighted by Crippen LogP contribution is 2.27. The second-order valence-corrected chi connectivity index (χ2v) is 5.69. The molecule has 6 heteroatoms. The third kappa shape index (κ3) is 3.71. The van der Waals surface area contributed by atoms with Crippen LogP contribution >= 0.6 is 0 Å². The van der Waals surface area contributed by atoms with E-state index in [0.29, 0.717) is 11.3 Å². The summed E-state index contributed by atoms with van der Waals surface area (Å²) < 4.78 is 5.05. The van der Waals surface area contributed by atoms with Crippen molar-refractivity contribution >= 4 is 17.6 Å². The first-order valence-corrected chi connectivity index (χ1v) is 7.85. The number of nitrogens with zero attached hydrogens (tertiary/aromatic N) is 1. The van der Waals surface area contributed by atoms with Gasteiger partial charge in [0.2, 0.25) is 0 Å². The minimum Gasteiger partial charge on any atom is -0.482 e. The average Bonchev–Trinajstić information content (AvgIpc) is 2.60. The highest BCUT2D eigenvalue weighted by molar-refractivity contribution is 6.04. The van der Waals surface area contributed by atoms with Gasteiger partial charge in [-0.3, -0.25) is 9.78 Å². The summed E-state index contributed by atoms with van der Waals surface area (Å²) in [5.74, 6) is -0.855. The first-order chi connectivity index (χ1) is 11.6. The summed E-state index contributed by atoms with van der Waals surface area (Å²) in [6.07, 6.45) is 7.79. The fourth-order valence-corrected chi connectivity index (χ4v) is 2.81. The molecule has 24 heavy (non-hydrogen) atoms. The van der Waals surface area contributed by atoms with Crippen LogP contribution in [0.15, 0.2) is 36.7 Å². The molecule has 3 rings (SSSR count). The van der Waals surface area contributed by atoms with Gasteiger partial charge in [0.15, 0.2) is 6.61 Å². The molecule has 1 aromatic carbocycles. The largest absolute Gasteiger partial charge is 0.482 e. The lowest BCUT2D eigenvalue weighted by Crippen LogP contribution is -2.16. The van der Waals surface area contributed by atoms with Crippen molar-refractivity contribution in [1.82, 2.24) is 4.98 Å². The van der Waals surface area contributed by atoms with E-state index in [2.05, 4.69) is 10.3 Å². The van der Waals surface area contributed by atoms with E-state index in [1.807, 2.05) is 6.20 Å². The topological polar surface area (TPSA) is 88.5 Å². The monoisotopic (exact) mass is 326 g/mol. The Hall–Kier alpha value is -2.89. The van der Waals surface area contributed by atoms with Crippen LogP contribution in [-0.2, 0) is 17.6 Å². The number of ether oxygens (including phenoxy) is 1. The number of fused-ring (bicyclic) bond motifs is 1. The first kappa shape index (κ1) is 16.0. The zero-order chi connectivity index (χ0) is 16.9. The summed E-state index contributed by atoms with van der Waals surface area (Å²) in [6, 6.07) is 6.37. The number of carboxylic acid groups (broad SMARTS) is 1. The minimum absolute atomic E-state index is 0.222. The van der Waals surface area contributed by atoms with Crippen molar-refractivity contribution in [2.45, 2.75) is 25.7 Å². The van der Waals surface area contributed by atoms with Crippen molar-refractivity contribution in [3.05, 3.63) is 53.3 Å². The average molecular weight is 326 g/mol. The lowest BCUT2D eigenvalue weighted by atomic mass is 9.92. The zero-order valence-electron chi connectivity index (χ0n) is 13.1. The molecule has 0 radical (unpaired) electrons. The Morgan fingerprint density at radius 2 is 1.88 bits per heavy atom. The van der Waals surface area contributed by atoms with Gasteiger partial charge in [-0.25, -0.2) is 4.79 Å². The fraction of sp³-hybridized carbons (Fsp3) is 0.278. The summed E-state index contributed by atoms with van der Waals surface area (Å²) in [4.78, 5) is 27.1. The van der Waals surface area contributed by atoms with E-state index in [-0.39, 0.29) is 5.91 Å². The molecule has 0 saturated heterocycles. The molecule has 0 spiro atoms. The molecule has 2 N–H and O–H groups in total. The molecule has 6 nitrogen and oxygen atoms in total. The molecule has 124 valence electrons. The lowest BCUT2D eigenvalue weighted by molar-refractivity contribution is -0.139. The van der Waals surface area contributed by atoms with Gasteiger partial charge in [0.1, 0.15) is 5.75 Å². The molecule has 0 fully saturated rings. The Bertz CT molecular complexity index is 756. The maximum Gasteiger partial charge on any atom is 0.341 e. The van der Waals surface area contributed by atoms with Gasteiger partial charge in [-0.05, 0) is 61.1 Å². The SMILES string of the molecule is O=C(O)COc1ccc(C(=O)Nc2cncc3c2CCCC3)cc1. The third-order valence-corrected chi connectivity index (χ3v) is 4.00. The lowest BCUT2D eigenvalue weighted by Gasteiger charge is -2.19. The molecule has 1 aliphatic rings. The van der Waals surface area contributed by atoms with Gasteiger partial charge in [0.25, 0.3) is 5.91 Å². The van der Waals surface area contributed by atoms with Crippen molar-refractivity contribution in [2.24, 2.45) is 0 Å². The molecule has 1 heterocycles. The minimum atomic E-state index is -1.04. The van der Waals surface area contributed by atoms with Crippen molar-refractivity contribution in [2.75, 3.05) is 11.9 Å². The number of benzene rings is 1. The summed E-state index contributed by atoms with van der Waals surface area (Å²) in [7, 11) is 0. The summed E-state index contributed by atoms with van der Waals surface area (Å²) >= 11 is 0. The van der Waals surface area contributed by atoms with Gasteiger partial charge in [-0.15, -0.1) is 0 Å². The van der Waals surface area contributed by atoms with Crippen LogP contribution in [0.4, 0.5) is 5.69 Å². The molecular weight excluding hydrogens is 308 g/mol. The quantitative estimate of drug-likeness (QED) is 0.882. The maximum atomic E-state index is 12.4. The fourth-order valence-electron chi connectivity index (χ4n) is 2.81. The molecule has 0 aliphatic heterocycles. The van der Waals surface area contributed by atoms with Crippen LogP contribution in [0.5, 0.6) is 5.75 Å². The molecular formula is C18H18N2O4. The van der Waals surface area contributed by atoms with Crippen LogP contribution in [0, 0.1) is 0 Å². The number of amides is 1. The predicted molar refractivity (Wildman–Crippen MR) is 88.4 cm³/mol. The number of hydrogen-bond donors (Lipinski definition) is 2. The molecule has 1 amide bonds. The number of hydrogen-bond acceptors (Lipinski definition) is 4. The van der Waals surface area contributed by atoms with Gasteiger partial charge in [0.05, 0.1) is 11.9 Å². The van der Waals surface area contributed by atoms with E-state index < -0.39 is 12.6 Å². The van der Waals surface area contributed by atoms with E-state index in [1.54, 1.807) is 30.5 Å². The first-order valence-electron chi connectivity index (χ1n) is 7.85. The van der Waals surface area contributed by atoms with Gasteiger partial charge in [-0.2, -0.15) is 0 Å². The van der Waals surface area contributed by atoms with Crippen molar-refractivity contribution in [1.29, 1.82) is 0 Å². The Balaban J connectivity index is 1.70. The number of rotatable bonds is 5. The van der Waals surface area contributed by atoms with Gasteiger partial charge in [-0.1, -0.05) is 0 Å². The van der Waals surface area contributed by atoms with Gasteiger partial charge >= 0.3 is 5.97 Å². The van der Waals surface area contributed by atoms with Gasteiger partial charge in [0, 0.05) is 11.8 Å². The van der Waals surface area contributed by atoms with Crippen LogP contribution < -0.4 is 10.1 Å². The molecule has 1 aliphatic carbocycles. The number of anilines is 1. The van der Waals surface area contributed by atoms with Crippen LogP contribution in [0.2, 0.25) is 0 Å². The number of aromatic nitrogens is 1. The Morgan fingerprint density at radius 3 is 2.62 bits per heavy atom. The number of aliphatic carboxylic acids is 1. The summed E-state index contributed by atoms with van der Waals surface area (Å²) in [5, 5.41) is 11.5. The number of pyridine rings is 1. The second kappa shape index (κ2) is 7.12. The zero-order valence-corrected chi connectivity index (χ0v) is 13.1. The Morgan fingerprint density at radius 1 is 1.12 bits per heavy atom. The van der Waals surface area contributed by atoms with Crippen LogP contribution in [0.25, 0.3) is 0 Å². The predicted octanol–water partition coefficient (Wildman–Crippen LogP) is 2.68. The summed E-state index contributed by atoms with van der Waals surface area (Å²) in [5.41, 5.74) is 3.62. The van der Waals surface area contributed by atoms with E-state index in [4.69, 9.17) is 9.84 Å². The van der Waals surface area contributed by atoms with Crippen LogP contribution in [0.1, 0.15) is 34.3 Å². The smallest absolute Gasteiger partial charge is 0.341 e.